The van der Waals surface area contributed by atoms with Crippen molar-refractivity contribution in [3.8, 4) is 11.6 Å². The van der Waals surface area contributed by atoms with Gasteiger partial charge >= 0.3 is 5.97 Å². The van der Waals surface area contributed by atoms with Crippen LogP contribution < -0.4 is 14.8 Å². The topological polar surface area (TPSA) is 93.6 Å². The zero-order valence-electron chi connectivity index (χ0n) is 15.4. The molecule has 0 spiro atoms. The summed E-state index contributed by atoms with van der Waals surface area (Å²) in [6, 6.07) is 10.7. The molecule has 1 aromatic carbocycles. The molecule has 0 fully saturated rings. The van der Waals surface area contributed by atoms with E-state index in [0.717, 1.165) is 5.69 Å². The lowest BCUT2D eigenvalue weighted by Crippen LogP contribution is -2.11. The van der Waals surface area contributed by atoms with Gasteiger partial charge in [-0.2, -0.15) is 0 Å². The number of nitrogens with zero attached hydrogens (tertiary/aromatic N) is 2. The molecule has 27 heavy (non-hydrogen) atoms. The van der Waals surface area contributed by atoms with E-state index >= 15 is 0 Å². The summed E-state index contributed by atoms with van der Waals surface area (Å²) in [5.74, 6) is 0.0793. The minimum absolute atomic E-state index is 0.113. The van der Waals surface area contributed by atoms with Crippen LogP contribution in [0.1, 0.15) is 29.9 Å². The largest absolute Gasteiger partial charge is 0.497 e. The van der Waals surface area contributed by atoms with E-state index < -0.39 is 5.97 Å². The van der Waals surface area contributed by atoms with Crippen molar-refractivity contribution in [1.29, 1.82) is 0 Å². The van der Waals surface area contributed by atoms with Crippen LogP contribution in [0.15, 0.2) is 36.4 Å². The number of aromatic carboxylic acids is 1. The van der Waals surface area contributed by atoms with E-state index in [-0.39, 0.29) is 5.56 Å². The number of hydrogen-bond acceptors (Lipinski definition) is 6. The van der Waals surface area contributed by atoms with E-state index in [1.54, 1.807) is 31.4 Å². The van der Waals surface area contributed by atoms with E-state index in [1.165, 1.54) is 0 Å². The molecule has 0 aliphatic rings. The van der Waals surface area contributed by atoms with Crippen LogP contribution in [0.25, 0.3) is 11.0 Å². The van der Waals surface area contributed by atoms with Crippen molar-refractivity contribution in [3.63, 3.8) is 0 Å². The maximum atomic E-state index is 12.0. The van der Waals surface area contributed by atoms with Gasteiger partial charge in [-0.15, -0.1) is 0 Å². The fourth-order valence-corrected chi connectivity index (χ4v) is 2.83. The molecular weight excluding hydrogens is 346 g/mol. The average molecular weight is 367 g/mol. The minimum Gasteiger partial charge on any atom is -0.497 e. The highest BCUT2D eigenvalue weighted by Crippen LogP contribution is 2.32. The molecule has 0 saturated heterocycles. The first kappa shape index (κ1) is 18.4. The van der Waals surface area contributed by atoms with E-state index in [1.807, 2.05) is 26.0 Å². The third-order valence-electron chi connectivity index (χ3n) is 4.08. The second-order valence-corrected chi connectivity index (χ2v) is 5.77. The first-order valence-electron chi connectivity index (χ1n) is 8.68. The van der Waals surface area contributed by atoms with Gasteiger partial charge in [0.1, 0.15) is 16.8 Å². The van der Waals surface area contributed by atoms with Gasteiger partial charge in [-0.05, 0) is 43.7 Å². The van der Waals surface area contributed by atoms with Gasteiger partial charge in [-0.25, -0.2) is 9.78 Å². The number of rotatable bonds is 7. The van der Waals surface area contributed by atoms with Crippen LogP contribution in [-0.2, 0) is 6.42 Å². The second-order valence-electron chi connectivity index (χ2n) is 5.77. The van der Waals surface area contributed by atoms with Gasteiger partial charge in [0, 0.05) is 11.8 Å². The van der Waals surface area contributed by atoms with Crippen molar-refractivity contribution in [2.24, 2.45) is 0 Å². The van der Waals surface area contributed by atoms with E-state index in [2.05, 4.69) is 15.3 Å². The first-order chi connectivity index (χ1) is 13.1. The minimum atomic E-state index is -1.05. The Kier molecular flexibility index (Phi) is 5.40. The summed E-state index contributed by atoms with van der Waals surface area (Å²) in [7, 11) is 1.59. The molecule has 140 valence electrons. The molecule has 0 amide bonds. The predicted octanol–water partition coefficient (Wildman–Crippen LogP) is 4.04. The number of fused-ring (bicyclic) bond motifs is 1. The SMILES string of the molecule is CCOc1ccc2nc(CC)c(C(=O)O)c(Nc3ccc(OC)cc3)c2n1. The van der Waals surface area contributed by atoms with Crippen molar-refractivity contribution >= 4 is 28.4 Å². The Labute approximate surface area is 157 Å². The fourth-order valence-electron chi connectivity index (χ4n) is 2.83. The highest BCUT2D eigenvalue weighted by Gasteiger charge is 2.21. The molecule has 7 heteroatoms. The number of carboxylic acid groups (broad SMARTS) is 1. The molecule has 2 N–H and O–H groups in total. The Morgan fingerprint density at radius 3 is 2.44 bits per heavy atom. The second kappa shape index (κ2) is 7.90. The van der Waals surface area contributed by atoms with Crippen LogP contribution in [0.4, 0.5) is 11.4 Å². The summed E-state index contributed by atoms with van der Waals surface area (Å²) in [6.07, 6.45) is 0.488. The lowest BCUT2D eigenvalue weighted by Gasteiger charge is -2.16. The van der Waals surface area contributed by atoms with Crippen LogP contribution >= 0.6 is 0 Å². The number of benzene rings is 1. The van der Waals surface area contributed by atoms with E-state index in [9.17, 15) is 9.90 Å². The smallest absolute Gasteiger partial charge is 0.339 e. The summed E-state index contributed by atoms with van der Waals surface area (Å²) in [4.78, 5) is 21.0. The average Bonchev–Trinajstić information content (AvgIpc) is 2.68. The van der Waals surface area contributed by atoms with E-state index in [0.29, 0.717) is 47.1 Å². The molecule has 0 saturated carbocycles. The van der Waals surface area contributed by atoms with Crippen molar-refractivity contribution in [2.75, 3.05) is 19.0 Å². The van der Waals surface area contributed by atoms with Gasteiger partial charge in [0.25, 0.3) is 0 Å². The number of nitrogens with one attached hydrogen (secondary N) is 1. The fraction of sp³-hybridized carbons (Fsp3) is 0.250. The van der Waals surface area contributed by atoms with E-state index in [4.69, 9.17) is 9.47 Å². The molecule has 2 aromatic heterocycles. The first-order valence-corrected chi connectivity index (χ1v) is 8.68. The maximum absolute atomic E-state index is 12.0. The zero-order chi connectivity index (χ0) is 19.4. The Bertz CT molecular complexity index is 971. The monoisotopic (exact) mass is 367 g/mol. The third-order valence-corrected chi connectivity index (χ3v) is 4.08. The number of carbonyl (C=O) groups is 1. The number of carboxylic acids is 1. The number of aryl methyl sites for hydroxylation is 1. The quantitative estimate of drug-likeness (QED) is 0.651. The molecule has 7 nitrogen and oxygen atoms in total. The van der Waals surface area contributed by atoms with Gasteiger partial charge < -0.3 is 19.9 Å². The number of pyridine rings is 2. The standard InChI is InChI=1S/C20H21N3O4/c1-4-14-17(20(24)25)19(21-12-6-8-13(26-3)9-7-12)18-15(22-14)10-11-16(23-18)27-5-2/h6-11H,4-5H2,1-3H3,(H,21,22)(H,24,25). The number of hydrogen-bond donors (Lipinski definition) is 2. The summed E-state index contributed by atoms with van der Waals surface area (Å²) in [5, 5.41) is 13.0. The number of methoxy groups -OCH3 is 1. The van der Waals surface area contributed by atoms with Crippen molar-refractivity contribution in [2.45, 2.75) is 20.3 Å². The predicted molar refractivity (Wildman–Crippen MR) is 103 cm³/mol. The molecule has 0 aliphatic heterocycles. The van der Waals surface area contributed by atoms with Crippen LogP contribution in [-0.4, -0.2) is 34.8 Å². The van der Waals surface area contributed by atoms with Crippen LogP contribution in [0, 0.1) is 0 Å². The molecule has 3 aromatic rings. The highest BCUT2D eigenvalue weighted by atomic mass is 16.5. The van der Waals surface area contributed by atoms with Crippen molar-refractivity contribution in [1.82, 2.24) is 9.97 Å². The molecule has 2 heterocycles. The third kappa shape index (κ3) is 3.76. The zero-order valence-corrected chi connectivity index (χ0v) is 15.4. The highest BCUT2D eigenvalue weighted by molar-refractivity contribution is 6.05. The summed E-state index contributed by atoms with van der Waals surface area (Å²) >= 11 is 0. The van der Waals surface area contributed by atoms with Crippen LogP contribution in [0.5, 0.6) is 11.6 Å². The molecule has 0 unspecified atom stereocenters. The Balaban J connectivity index is 2.21. The molecule has 0 aliphatic carbocycles. The lowest BCUT2D eigenvalue weighted by molar-refractivity contribution is 0.0696. The van der Waals surface area contributed by atoms with Gasteiger partial charge in [0.05, 0.1) is 30.6 Å². The summed E-state index contributed by atoms with van der Waals surface area (Å²) in [6.45, 7) is 4.20. The normalized spacial score (nSPS) is 10.6. The van der Waals surface area contributed by atoms with Gasteiger partial charge in [0.15, 0.2) is 0 Å². The van der Waals surface area contributed by atoms with Crippen LogP contribution in [0.2, 0.25) is 0 Å². The Morgan fingerprint density at radius 1 is 1.11 bits per heavy atom. The molecular formula is C20H21N3O4. The number of anilines is 2. The summed E-state index contributed by atoms with van der Waals surface area (Å²) in [5.41, 5.74) is 2.79. The van der Waals surface area contributed by atoms with Gasteiger partial charge in [-0.1, -0.05) is 6.92 Å². The molecule has 3 rings (SSSR count). The summed E-state index contributed by atoms with van der Waals surface area (Å²) < 4.78 is 10.6. The number of aromatic nitrogens is 2. The maximum Gasteiger partial charge on any atom is 0.339 e. The Hall–Kier alpha value is -3.35. The Morgan fingerprint density at radius 2 is 1.85 bits per heavy atom. The van der Waals surface area contributed by atoms with Gasteiger partial charge in [0.2, 0.25) is 5.88 Å². The van der Waals surface area contributed by atoms with Crippen LogP contribution in [0.3, 0.4) is 0 Å². The van der Waals surface area contributed by atoms with Crippen molar-refractivity contribution < 1.29 is 19.4 Å². The molecule has 0 bridgehead atoms. The molecule has 0 radical (unpaired) electrons. The van der Waals surface area contributed by atoms with Crippen molar-refractivity contribution in [3.05, 3.63) is 47.7 Å². The lowest BCUT2D eigenvalue weighted by atomic mass is 10.1. The molecule has 0 atom stereocenters. The number of ether oxygens (including phenoxy) is 2. The van der Waals surface area contributed by atoms with Gasteiger partial charge in [-0.3, -0.25) is 4.98 Å².